The van der Waals surface area contributed by atoms with Gasteiger partial charge in [0.15, 0.2) is 0 Å². The van der Waals surface area contributed by atoms with Gasteiger partial charge in [-0.25, -0.2) is 4.98 Å². The molecule has 2 heterocycles. The number of carbonyl (C=O) groups excluding carboxylic acids is 1. The zero-order valence-electron chi connectivity index (χ0n) is 12.4. The maximum Gasteiger partial charge on any atom is 0.253 e. The first kappa shape index (κ1) is 13.8. The van der Waals surface area contributed by atoms with Crippen LogP contribution in [0.1, 0.15) is 10.4 Å². The molecule has 1 fully saturated rings. The number of ether oxygens (including phenoxy) is 1. The fourth-order valence-electron chi connectivity index (χ4n) is 2.55. The van der Waals surface area contributed by atoms with E-state index in [1.807, 2.05) is 35.2 Å². The minimum Gasteiger partial charge on any atom is -0.481 e. The van der Waals surface area contributed by atoms with E-state index in [2.05, 4.69) is 16.9 Å². The first-order valence-corrected chi connectivity index (χ1v) is 7.10. The first-order valence-electron chi connectivity index (χ1n) is 7.10. The fraction of sp³-hybridized carbons (Fsp3) is 0.375. The molecule has 0 N–H and O–H groups in total. The molecule has 2 aromatic rings. The lowest BCUT2D eigenvalue weighted by atomic mass is 10.1. The van der Waals surface area contributed by atoms with Crippen molar-refractivity contribution in [3.8, 4) is 5.88 Å². The summed E-state index contributed by atoms with van der Waals surface area (Å²) in [5, 5.41) is 0.954. The normalized spacial score (nSPS) is 16.2. The van der Waals surface area contributed by atoms with Gasteiger partial charge >= 0.3 is 0 Å². The number of nitrogens with zero attached hydrogens (tertiary/aromatic N) is 3. The number of piperazine rings is 1. The second kappa shape index (κ2) is 5.69. The summed E-state index contributed by atoms with van der Waals surface area (Å²) < 4.78 is 5.11. The molecular formula is C16H19N3O2. The van der Waals surface area contributed by atoms with Crippen LogP contribution in [0.15, 0.2) is 30.3 Å². The molecule has 21 heavy (non-hydrogen) atoms. The van der Waals surface area contributed by atoms with Gasteiger partial charge in [0.1, 0.15) is 0 Å². The van der Waals surface area contributed by atoms with Crippen LogP contribution in [0.3, 0.4) is 0 Å². The number of likely N-dealkylation sites (N-methyl/N-ethyl adjacent to an activating group) is 1. The van der Waals surface area contributed by atoms with Gasteiger partial charge in [-0.05, 0) is 31.3 Å². The minimum atomic E-state index is 0.0980. The van der Waals surface area contributed by atoms with Gasteiger partial charge in [-0.2, -0.15) is 0 Å². The van der Waals surface area contributed by atoms with Gasteiger partial charge in [0.25, 0.3) is 5.91 Å². The number of carbonyl (C=O) groups is 1. The van der Waals surface area contributed by atoms with E-state index in [0.717, 1.165) is 42.6 Å². The molecule has 5 heteroatoms. The van der Waals surface area contributed by atoms with Crippen molar-refractivity contribution in [3.05, 3.63) is 35.9 Å². The van der Waals surface area contributed by atoms with E-state index < -0.39 is 0 Å². The molecule has 5 nitrogen and oxygen atoms in total. The van der Waals surface area contributed by atoms with Crippen LogP contribution >= 0.6 is 0 Å². The third-order valence-electron chi connectivity index (χ3n) is 3.91. The van der Waals surface area contributed by atoms with Crippen LogP contribution in [0.4, 0.5) is 0 Å². The van der Waals surface area contributed by atoms with E-state index in [1.165, 1.54) is 0 Å². The summed E-state index contributed by atoms with van der Waals surface area (Å²) in [7, 11) is 3.68. The topological polar surface area (TPSA) is 45.7 Å². The zero-order chi connectivity index (χ0) is 14.8. The summed E-state index contributed by atoms with van der Waals surface area (Å²) in [5.41, 5.74) is 1.56. The van der Waals surface area contributed by atoms with Gasteiger partial charge in [0.05, 0.1) is 12.6 Å². The molecule has 1 amide bonds. The van der Waals surface area contributed by atoms with Crippen LogP contribution in [-0.4, -0.2) is 61.0 Å². The van der Waals surface area contributed by atoms with Crippen molar-refractivity contribution in [2.24, 2.45) is 0 Å². The molecule has 1 aliphatic rings. The number of rotatable bonds is 2. The number of benzene rings is 1. The molecule has 0 radical (unpaired) electrons. The maximum atomic E-state index is 12.5. The predicted octanol–water partition coefficient (Wildman–Crippen LogP) is 1.63. The Labute approximate surface area is 124 Å². The lowest BCUT2D eigenvalue weighted by Crippen LogP contribution is -2.47. The van der Waals surface area contributed by atoms with Crippen LogP contribution in [0.25, 0.3) is 10.9 Å². The minimum absolute atomic E-state index is 0.0980. The predicted molar refractivity (Wildman–Crippen MR) is 81.7 cm³/mol. The fourth-order valence-corrected chi connectivity index (χ4v) is 2.55. The number of amides is 1. The zero-order valence-corrected chi connectivity index (χ0v) is 12.4. The summed E-state index contributed by atoms with van der Waals surface area (Å²) in [5.74, 6) is 0.682. The molecule has 0 unspecified atom stereocenters. The lowest BCUT2D eigenvalue weighted by Gasteiger charge is -2.32. The van der Waals surface area contributed by atoms with Crippen molar-refractivity contribution in [3.63, 3.8) is 0 Å². The Kier molecular flexibility index (Phi) is 3.75. The van der Waals surface area contributed by atoms with Gasteiger partial charge < -0.3 is 14.5 Å². The largest absolute Gasteiger partial charge is 0.481 e. The number of hydrogen-bond donors (Lipinski definition) is 0. The van der Waals surface area contributed by atoms with Crippen LogP contribution < -0.4 is 4.74 Å². The molecule has 0 bridgehead atoms. The maximum absolute atomic E-state index is 12.5. The molecule has 0 spiro atoms. The average molecular weight is 285 g/mol. The van der Waals surface area contributed by atoms with Crippen LogP contribution in [0.5, 0.6) is 5.88 Å². The second-order valence-electron chi connectivity index (χ2n) is 5.36. The van der Waals surface area contributed by atoms with Gasteiger partial charge in [-0.15, -0.1) is 0 Å². The first-order chi connectivity index (χ1) is 10.2. The number of methoxy groups -OCH3 is 1. The highest BCUT2D eigenvalue weighted by molar-refractivity contribution is 5.98. The Balaban J connectivity index is 1.85. The third-order valence-corrected chi connectivity index (χ3v) is 3.91. The molecule has 3 rings (SSSR count). The summed E-state index contributed by atoms with van der Waals surface area (Å²) in [6.45, 7) is 3.43. The summed E-state index contributed by atoms with van der Waals surface area (Å²) in [6, 6.07) is 9.37. The quantitative estimate of drug-likeness (QED) is 0.841. The van der Waals surface area contributed by atoms with Crippen molar-refractivity contribution in [1.29, 1.82) is 0 Å². The smallest absolute Gasteiger partial charge is 0.253 e. The third kappa shape index (κ3) is 2.83. The highest BCUT2D eigenvalue weighted by Crippen LogP contribution is 2.19. The summed E-state index contributed by atoms with van der Waals surface area (Å²) >= 11 is 0. The number of aromatic nitrogens is 1. The van der Waals surface area contributed by atoms with Crippen molar-refractivity contribution < 1.29 is 9.53 Å². The average Bonchev–Trinajstić information content (AvgIpc) is 2.54. The van der Waals surface area contributed by atoms with E-state index in [9.17, 15) is 4.79 Å². The molecule has 110 valence electrons. The van der Waals surface area contributed by atoms with Crippen molar-refractivity contribution >= 4 is 16.8 Å². The van der Waals surface area contributed by atoms with Gasteiger partial charge in [0.2, 0.25) is 5.88 Å². The highest BCUT2D eigenvalue weighted by Gasteiger charge is 2.20. The second-order valence-corrected chi connectivity index (χ2v) is 5.36. The molecule has 0 atom stereocenters. The molecule has 1 aromatic heterocycles. The van der Waals surface area contributed by atoms with E-state index in [0.29, 0.717) is 5.88 Å². The van der Waals surface area contributed by atoms with E-state index in [-0.39, 0.29) is 5.91 Å². The Hall–Kier alpha value is -2.14. The highest BCUT2D eigenvalue weighted by atomic mass is 16.5. The van der Waals surface area contributed by atoms with Gasteiger partial charge in [0, 0.05) is 43.2 Å². The SMILES string of the molecule is COc1ccc2cc(C(=O)N3CCN(C)CC3)ccc2n1. The summed E-state index contributed by atoms with van der Waals surface area (Å²) in [6.07, 6.45) is 0. The molecular weight excluding hydrogens is 266 g/mol. The van der Waals surface area contributed by atoms with Crippen molar-refractivity contribution in [2.75, 3.05) is 40.3 Å². The van der Waals surface area contributed by atoms with Crippen LogP contribution in [-0.2, 0) is 0 Å². The van der Waals surface area contributed by atoms with Crippen molar-refractivity contribution in [1.82, 2.24) is 14.8 Å². The number of pyridine rings is 1. The van der Waals surface area contributed by atoms with Crippen LogP contribution in [0, 0.1) is 0 Å². The van der Waals surface area contributed by atoms with Crippen molar-refractivity contribution in [2.45, 2.75) is 0 Å². The summed E-state index contributed by atoms with van der Waals surface area (Å²) in [4.78, 5) is 21.0. The van der Waals surface area contributed by atoms with Gasteiger partial charge in [-0.3, -0.25) is 4.79 Å². The van der Waals surface area contributed by atoms with Crippen LogP contribution in [0.2, 0.25) is 0 Å². The Bertz CT molecular complexity index is 664. The van der Waals surface area contributed by atoms with E-state index in [4.69, 9.17) is 4.74 Å². The monoisotopic (exact) mass is 285 g/mol. The molecule has 1 aromatic carbocycles. The molecule has 1 saturated heterocycles. The molecule has 0 aliphatic carbocycles. The Morgan fingerprint density at radius 3 is 2.62 bits per heavy atom. The van der Waals surface area contributed by atoms with Gasteiger partial charge in [-0.1, -0.05) is 0 Å². The standard InChI is InChI=1S/C16H19N3O2/c1-18-7-9-19(10-8-18)16(20)13-3-5-14-12(11-13)4-6-15(17-14)21-2/h3-6,11H,7-10H2,1-2H3. The molecule has 0 saturated carbocycles. The lowest BCUT2D eigenvalue weighted by molar-refractivity contribution is 0.0664. The van der Waals surface area contributed by atoms with E-state index >= 15 is 0 Å². The van der Waals surface area contributed by atoms with E-state index in [1.54, 1.807) is 7.11 Å². The number of fused-ring (bicyclic) bond motifs is 1. The molecule has 1 aliphatic heterocycles. The number of hydrogen-bond acceptors (Lipinski definition) is 4. The Morgan fingerprint density at radius 1 is 1.14 bits per heavy atom. The Morgan fingerprint density at radius 2 is 1.90 bits per heavy atom.